The first-order valence-electron chi connectivity index (χ1n) is 11.2. The molecule has 1 amide bonds. The molecular weight excluding hydrogens is 412 g/mol. The lowest BCUT2D eigenvalue weighted by Gasteiger charge is -2.21. The van der Waals surface area contributed by atoms with Crippen LogP contribution in [-0.4, -0.2) is 21.6 Å². The fourth-order valence-electron chi connectivity index (χ4n) is 4.19. The van der Waals surface area contributed by atoms with Crippen molar-refractivity contribution < 1.29 is 14.7 Å². The third-order valence-electron chi connectivity index (χ3n) is 5.78. The molecule has 5 heteroatoms. The zero-order valence-corrected chi connectivity index (χ0v) is 18.9. The number of nitrogens with one attached hydrogen (secondary N) is 1. The van der Waals surface area contributed by atoms with E-state index >= 15 is 0 Å². The van der Waals surface area contributed by atoms with Crippen molar-refractivity contribution in [2.24, 2.45) is 5.92 Å². The number of carbonyl (C=O) groups is 2. The summed E-state index contributed by atoms with van der Waals surface area (Å²) in [5.74, 6) is -0.821. The molecule has 0 aliphatic heterocycles. The van der Waals surface area contributed by atoms with Crippen molar-refractivity contribution in [3.8, 4) is 0 Å². The largest absolute Gasteiger partial charge is 0.478 e. The standard InChI is InChI=1S/C28H28N2O3/c1-19(2)15-25(21-11-7-4-8-12-21)29-27(31)24-18-30(17-20-9-5-3-6-10-20)26-14-13-22(28(32)33)16-23(24)26/h3-14,16,18-19,25H,15,17H2,1-2H3,(H,29,31)(H,32,33). The molecule has 1 aromatic heterocycles. The van der Waals surface area contributed by atoms with Gasteiger partial charge in [0.2, 0.25) is 0 Å². The van der Waals surface area contributed by atoms with E-state index in [1.54, 1.807) is 18.2 Å². The molecule has 0 aliphatic carbocycles. The van der Waals surface area contributed by atoms with E-state index in [0.29, 0.717) is 23.4 Å². The number of nitrogens with zero attached hydrogens (tertiary/aromatic N) is 1. The lowest BCUT2D eigenvalue weighted by atomic mass is 9.96. The summed E-state index contributed by atoms with van der Waals surface area (Å²) >= 11 is 0. The Kier molecular flexibility index (Phi) is 6.59. The number of fused-ring (bicyclic) bond motifs is 1. The van der Waals surface area contributed by atoms with Crippen LogP contribution in [0.1, 0.15) is 58.2 Å². The Morgan fingerprint density at radius 3 is 2.24 bits per heavy atom. The summed E-state index contributed by atoms with van der Waals surface area (Å²) in [5.41, 5.74) is 3.63. The minimum absolute atomic E-state index is 0.131. The molecule has 4 aromatic rings. The fraction of sp³-hybridized carbons (Fsp3) is 0.214. The van der Waals surface area contributed by atoms with Gasteiger partial charge in [-0.25, -0.2) is 4.79 Å². The highest BCUT2D eigenvalue weighted by molar-refractivity contribution is 6.08. The zero-order chi connectivity index (χ0) is 23.4. The Balaban J connectivity index is 1.73. The van der Waals surface area contributed by atoms with Gasteiger partial charge in [-0.15, -0.1) is 0 Å². The maximum absolute atomic E-state index is 13.5. The SMILES string of the molecule is CC(C)CC(NC(=O)c1cn(Cc2ccccc2)c2ccc(C(=O)O)cc12)c1ccccc1. The quantitative estimate of drug-likeness (QED) is 0.358. The summed E-state index contributed by atoms with van der Waals surface area (Å²) in [6, 6.07) is 24.8. The van der Waals surface area contributed by atoms with E-state index in [1.165, 1.54) is 0 Å². The summed E-state index contributed by atoms with van der Waals surface area (Å²) in [7, 11) is 0. The Labute approximate surface area is 193 Å². The Hall–Kier alpha value is -3.86. The van der Waals surface area contributed by atoms with Gasteiger partial charge in [-0.3, -0.25) is 4.79 Å². The molecule has 33 heavy (non-hydrogen) atoms. The van der Waals surface area contributed by atoms with Crippen molar-refractivity contribution in [1.82, 2.24) is 9.88 Å². The van der Waals surface area contributed by atoms with E-state index in [2.05, 4.69) is 19.2 Å². The number of carbonyl (C=O) groups excluding carboxylic acids is 1. The molecular formula is C28H28N2O3. The fourth-order valence-corrected chi connectivity index (χ4v) is 4.19. The average Bonchev–Trinajstić information content (AvgIpc) is 3.17. The van der Waals surface area contributed by atoms with Crippen LogP contribution in [0.4, 0.5) is 0 Å². The second-order valence-electron chi connectivity index (χ2n) is 8.76. The van der Waals surface area contributed by atoms with Crippen LogP contribution < -0.4 is 5.32 Å². The summed E-state index contributed by atoms with van der Waals surface area (Å²) in [6.07, 6.45) is 2.63. The number of amides is 1. The number of benzene rings is 3. The minimum Gasteiger partial charge on any atom is -0.478 e. The number of carboxylic acid groups (broad SMARTS) is 1. The summed E-state index contributed by atoms with van der Waals surface area (Å²) < 4.78 is 2.01. The number of hydrogen-bond acceptors (Lipinski definition) is 2. The highest BCUT2D eigenvalue weighted by Gasteiger charge is 2.21. The lowest BCUT2D eigenvalue weighted by Crippen LogP contribution is -2.29. The van der Waals surface area contributed by atoms with E-state index in [1.807, 2.05) is 71.4 Å². The maximum Gasteiger partial charge on any atom is 0.335 e. The van der Waals surface area contributed by atoms with Crippen molar-refractivity contribution in [3.05, 3.63) is 107 Å². The molecule has 5 nitrogen and oxygen atoms in total. The molecule has 0 radical (unpaired) electrons. The molecule has 0 spiro atoms. The molecule has 0 bridgehead atoms. The maximum atomic E-state index is 13.5. The van der Waals surface area contributed by atoms with Crippen molar-refractivity contribution >= 4 is 22.8 Å². The van der Waals surface area contributed by atoms with Crippen LogP contribution in [-0.2, 0) is 6.54 Å². The molecule has 168 valence electrons. The third-order valence-corrected chi connectivity index (χ3v) is 5.78. The van der Waals surface area contributed by atoms with Gasteiger partial charge in [0.15, 0.2) is 0 Å². The highest BCUT2D eigenvalue weighted by atomic mass is 16.4. The van der Waals surface area contributed by atoms with Gasteiger partial charge >= 0.3 is 5.97 Å². The second kappa shape index (κ2) is 9.74. The third kappa shape index (κ3) is 5.14. The van der Waals surface area contributed by atoms with Crippen molar-refractivity contribution in [2.45, 2.75) is 32.9 Å². The van der Waals surface area contributed by atoms with E-state index in [9.17, 15) is 14.7 Å². The minimum atomic E-state index is -1.01. The molecule has 1 atom stereocenters. The number of hydrogen-bond donors (Lipinski definition) is 2. The lowest BCUT2D eigenvalue weighted by molar-refractivity contribution is 0.0696. The van der Waals surface area contributed by atoms with E-state index < -0.39 is 5.97 Å². The monoisotopic (exact) mass is 440 g/mol. The van der Waals surface area contributed by atoms with Crippen LogP contribution in [0.25, 0.3) is 10.9 Å². The van der Waals surface area contributed by atoms with Gasteiger partial charge in [-0.1, -0.05) is 74.5 Å². The van der Waals surface area contributed by atoms with Gasteiger partial charge in [-0.05, 0) is 41.7 Å². The van der Waals surface area contributed by atoms with Crippen LogP contribution in [0.3, 0.4) is 0 Å². The van der Waals surface area contributed by atoms with Crippen LogP contribution in [0.2, 0.25) is 0 Å². The number of aromatic nitrogens is 1. The first kappa shape index (κ1) is 22.3. The molecule has 0 saturated carbocycles. The van der Waals surface area contributed by atoms with Gasteiger partial charge < -0.3 is 15.0 Å². The molecule has 3 aromatic carbocycles. The van der Waals surface area contributed by atoms with E-state index in [0.717, 1.165) is 23.1 Å². The molecule has 1 unspecified atom stereocenters. The van der Waals surface area contributed by atoms with Crippen molar-refractivity contribution in [3.63, 3.8) is 0 Å². The summed E-state index contributed by atoms with van der Waals surface area (Å²) in [4.78, 5) is 25.1. The normalized spacial score (nSPS) is 12.1. The van der Waals surface area contributed by atoms with E-state index in [-0.39, 0.29) is 17.5 Å². The average molecular weight is 441 g/mol. The topological polar surface area (TPSA) is 71.3 Å². The predicted molar refractivity (Wildman–Crippen MR) is 131 cm³/mol. The summed E-state index contributed by atoms with van der Waals surface area (Å²) in [6.45, 7) is 4.85. The number of rotatable bonds is 8. The molecule has 0 fully saturated rings. The molecule has 1 heterocycles. The molecule has 4 rings (SSSR count). The predicted octanol–water partition coefficient (Wildman–Crippen LogP) is 5.91. The van der Waals surface area contributed by atoms with Gasteiger partial charge in [0.05, 0.1) is 17.2 Å². The molecule has 2 N–H and O–H groups in total. The highest BCUT2D eigenvalue weighted by Crippen LogP contribution is 2.27. The van der Waals surface area contributed by atoms with Crippen molar-refractivity contribution in [1.29, 1.82) is 0 Å². The Morgan fingerprint density at radius 2 is 1.61 bits per heavy atom. The van der Waals surface area contributed by atoms with Gasteiger partial charge in [-0.2, -0.15) is 0 Å². The smallest absolute Gasteiger partial charge is 0.335 e. The van der Waals surface area contributed by atoms with Crippen LogP contribution >= 0.6 is 0 Å². The van der Waals surface area contributed by atoms with E-state index in [4.69, 9.17) is 0 Å². The second-order valence-corrected chi connectivity index (χ2v) is 8.76. The molecule has 0 saturated heterocycles. The van der Waals surface area contributed by atoms with Gasteiger partial charge in [0.1, 0.15) is 0 Å². The van der Waals surface area contributed by atoms with Gasteiger partial charge in [0.25, 0.3) is 5.91 Å². The van der Waals surface area contributed by atoms with Crippen LogP contribution in [0.15, 0.2) is 85.1 Å². The zero-order valence-electron chi connectivity index (χ0n) is 18.9. The Morgan fingerprint density at radius 1 is 0.939 bits per heavy atom. The van der Waals surface area contributed by atoms with Gasteiger partial charge in [0, 0.05) is 23.6 Å². The number of aromatic carboxylic acids is 1. The molecule has 0 aliphatic rings. The first-order chi connectivity index (χ1) is 15.9. The Bertz CT molecular complexity index is 1260. The van der Waals surface area contributed by atoms with Crippen LogP contribution in [0, 0.1) is 5.92 Å². The summed E-state index contributed by atoms with van der Waals surface area (Å²) in [5, 5.41) is 13.3. The number of carboxylic acids is 1. The van der Waals surface area contributed by atoms with Crippen LogP contribution in [0.5, 0.6) is 0 Å². The van der Waals surface area contributed by atoms with Crippen molar-refractivity contribution in [2.75, 3.05) is 0 Å². The first-order valence-corrected chi connectivity index (χ1v) is 11.2.